The summed E-state index contributed by atoms with van der Waals surface area (Å²) in [4.78, 5) is 35.7. The van der Waals surface area contributed by atoms with Crippen LogP contribution in [0.2, 0.25) is 0 Å². The zero-order valence-corrected chi connectivity index (χ0v) is 14.1. The van der Waals surface area contributed by atoms with Gasteiger partial charge in [0.1, 0.15) is 5.75 Å². The largest absolute Gasteiger partial charge is 0.482 e. The molecule has 0 aliphatic carbocycles. The van der Waals surface area contributed by atoms with Crippen LogP contribution in [0.3, 0.4) is 0 Å². The highest BCUT2D eigenvalue weighted by Crippen LogP contribution is 2.28. The maximum atomic E-state index is 12.3. The van der Waals surface area contributed by atoms with Crippen molar-refractivity contribution in [3.63, 3.8) is 0 Å². The fraction of sp³-hybridized carbons (Fsp3) is 0.211. The van der Waals surface area contributed by atoms with E-state index in [1.807, 2.05) is 6.07 Å². The lowest BCUT2D eigenvalue weighted by molar-refractivity contribution is -0.118. The van der Waals surface area contributed by atoms with Gasteiger partial charge in [-0.1, -0.05) is 12.1 Å². The topological polar surface area (TPSA) is 90.9 Å². The minimum atomic E-state index is -0.592. The van der Waals surface area contributed by atoms with E-state index in [1.165, 1.54) is 6.07 Å². The molecule has 0 spiro atoms. The molecule has 0 saturated carbocycles. The molecule has 1 aliphatic rings. The highest BCUT2D eigenvalue weighted by atomic mass is 16.5. The standard InChI is InChI=1S/C19H17NO6/c1-24-9-12-3-2-4-14(7-12)19(23)26-10-16(21)13-5-6-17-15(8-13)20-18(22)11-25-17/h2-8H,9-11H2,1H3,(H,20,22). The first-order valence-corrected chi connectivity index (χ1v) is 7.91. The van der Waals surface area contributed by atoms with Crippen LogP contribution in [-0.2, 0) is 20.9 Å². The maximum Gasteiger partial charge on any atom is 0.338 e. The van der Waals surface area contributed by atoms with E-state index in [9.17, 15) is 14.4 Å². The Balaban J connectivity index is 1.63. The molecule has 2 aromatic carbocycles. The van der Waals surface area contributed by atoms with Crippen LogP contribution in [0.25, 0.3) is 0 Å². The predicted molar refractivity (Wildman–Crippen MR) is 92.3 cm³/mol. The third-order valence-corrected chi connectivity index (χ3v) is 3.74. The van der Waals surface area contributed by atoms with Gasteiger partial charge in [-0.3, -0.25) is 9.59 Å². The monoisotopic (exact) mass is 355 g/mol. The molecule has 3 rings (SSSR count). The number of rotatable bonds is 6. The van der Waals surface area contributed by atoms with E-state index in [0.717, 1.165) is 5.56 Å². The van der Waals surface area contributed by atoms with Crippen LogP contribution in [0.15, 0.2) is 42.5 Å². The highest BCUT2D eigenvalue weighted by molar-refractivity contribution is 6.02. The van der Waals surface area contributed by atoms with Crippen LogP contribution < -0.4 is 10.1 Å². The lowest BCUT2D eigenvalue weighted by Crippen LogP contribution is -2.25. The first-order valence-electron chi connectivity index (χ1n) is 7.91. The minimum Gasteiger partial charge on any atom is -0.482 e. The van der Waals surface area contributed by atoms with E-state index in [2.05, 4.69) is 5.32 Å². The van der Waals surface area contributed by atoms with Crippen molar-refractivity contribution in [2.75, 3.05) is 25.6 Å². The molecule has 0 unspecified atom stereocenters. The van der Waals surface area contributed by atoms with Crippen LogP contribution in [-0.4, -0.2) is 38.0 Å². The summed E-state index contributed by atoms with van der Waals surface area (Å²) in [6.07, 6.45) is 0. The van der Waals surface area contributed by atoms with Crippen molar-refractivity contribution in [2.24, 2.45) is 0 Å². The molecular formula is C19H17NO6. The molecule has 1 N–H and O–H groups in total. The molecule has 26 heavy (non-hydrogen) atoms. The third kappa shape index (κ3) is 4.07. The van der Waals surface area contributed by atoms with Crippen LogP contribution >= 0.6 is 0 Å². The van der Waals surface area contributed by atoms with Crippen molar-refractivity contribution in [3.8, 4) is 5.75 Å². The number of fused-ring (bicyclic) bond motifs is 1. The van der Waals surface area contributed by atoms with Gasteiger partial charge in [-0.25, -0.2) is 4.79 Å². The Hall–Kier alpha value is -3.19. The number of hydrogen-bond donors (Lipinski definition) is 1. The van der Waals surface area contributed by atoms with Crippen molar-refractivity contribution in [3.05, 3.63) is 59.2 Å². The number of anilines is 1. The van der Waals surface area contributed by atoms with Crippen LogP contribution in [0.5, 0.6) is 5.75 Å². The number of nitrogens with one attached hydrogen (secondary N) is 1. The molecule has 0 bridgehead atoms. The molecule has 7 nitrogen and oxygen atoms in total. The van der Waals surface area contributed by atoms with Crippen molar-refractivity contribution in [1.82, 2.24) is 0 Å². The van der Waals surface area contributed by atoms with Crippen LogP contribution in [0, 0.1) is 0 Å². The second-order valence-electron chi connectivity index (χ2n) is 5.68. The molecule has 1 aliphatic heterocycles. The number of carbonyl (C=O) groups excluding carboxylic acids is 3. The summed E-state index contributed by atoms with van der Waals surface area (Å²) in [5, 5.41) is 2.63. The van der Waals surface area contributed by atoms with Crippen LogP contribution in [0.4, 0.5) is 5.69 Å². The quantitative estimate of drug-likeness (QED) is 0.631. The summed E-state index contributed by atoms with van der Waals surface area (Å²) in [7, 11) is 1.57. The Labute approximate surface area is 149 Å². The number of methoxy groups -OCH3 is 1. The first kappa shape index (κ1) is 17.6. The second kappa shape index (κ2) is 7.79. The average Bonchev–Trinajstić information content (AvgIpc) is 2.65. The number of amides is 1. The van der Waals surface area contributed by atoms with E-state index >= 15 is 0 Å². The Morgan fingerprint density at radius 2 is 2.00 bits per heavy atom. The molecule has 0 atom stereocenters. The van der Waals surface area contributed by atoms with Gasteiger partial charge < -0.3 is 19.5 Å². The number of ether oxygens (including phenoxy) is 3. The highest BCUT2D eigenvalue weighted by Gasteiger charge is 2.19. The number of carbonyl (C=O) groups is 3. The zero-order chi connectivity index (χ0) is 18.5. The van der Waals surface area contributed by atoms with E-state index in [0.29, 0.717) is 29.2 Å². The summed E-state index contributed by atoms with van der Waals surface area (Å²) in [6, 6.07) is 11.5. The number of ketones is 1. The van der Waals surface area contributed by atoms with Crippen molar-refractivity contribution >= 4 is 23.3 Å². The molecule has 7 heteroatoms. The van der Waals surface area contributed by atoms with E-state index < -0.39 is 12.6 Å². The summed E-state index contributed by atoms with van der Waals surface area (Å²) in [6.45, 7) is -0.0794. The molecule has 1 amide bonds. The van der Waals surface area contributed by atoms with Crippen molar-refractivity contribution in [1.29, 1.82) is 0 Å². The summed E-state index contributed by atoms with van der Waals surface area (Å²) in [5.41, 5.74) is 1.92. The number of Topliss-reactive ketones (excluding diaryl/α,β-unsaturated/α-hetero) is 1. The van der Waals surface area contributed by atoms with Crippen molar-refractivity contribution < 1.29 is 28.6 Å². The number of benzene rings is 2. The normalized spacial score (nSPS) is 12.6. The zero-order valence-electron chi connectivity index (χ0n) is 14.1. The van der Waals surface area contributed by atoms with Gasteiger partial charge in [-0.05, 0) is 35.9 Å². The smallest absolute Gasteiger partial charge is 0.338 e. The summed E-state index contributed by atoms with van der Waals surface area (Å²) < 4.78 is 15.4. The number of esters is 1. The fourth-order valence-electron chi connectivity index (χ4n) is 2.51. The predicted octanol–water partition coefficient (Wildman–Crippen LogP) is 2.20. The Bertz CT molecular complexity index is 861. The third-order valence-electron chi connectivity index (χ3n) is 3.74. The van der Waals surface area contributed by atoms with Crippen LogP contribution in [0.1, 0.15) is 26.3 Å². The first-order chi connectivity index (χ1) is 12.6. The molecule has 0 saturated heterocycles. The Kier molecular flexibility index (Phi) is 5.28. The van der Waals surface area contributed by atoms with Gasteiger partial charge in [0.15, 0.2) is 19.0 Å². The summed E-state index contributed by atoms with van der Waals surface area (Å²) in [5.74, 6) is -0.766. The van der Waals surface area contributed by atoms with Gasteiger partial charge in [-0.2, -0.15) is 0 Å². The average molecular weight is 355 g/mol. The van der Waals surface area contributed by atoms with Gasteiger partial charge >= 0.3 is 5.97 Å². The number of hydrogen-bond acceptors (Lipinski definition) is 6. The fourth-order valence-corrected chi connectivity index (χ4v) is 2.51. The van der Waals surface area contributed by atoms with Gasteiger partial charge in [-0.15, -0.1) is 0 Å². The molecular weight excluding hydrogens is 338 g/mol. The van der Waals surface area contributed by atoms with Gasteiger partial charge in [0.2, 0.25) is 0 Å². The lowest BCUT2D eigenvalue weighted by Gasteiger charge is -2.18. The maximum absolute atomic E-state index is 12.3. The minimum absolute atomic E-state index is 0.0555. The lowest BCUT2D eigenvalue weighted by atomic mass is 10.1. The van der Waals surface area contributed by atoms with Gasteiger partial charge in [0.25, 0.3) is 5.91 Å². The Morgan fingerprint density at radius 1 is 1.15 bits per heavy atom. The molecule has 0 aromatic heterocycles. The molecule has 1 heterocycles. The Morgan fingerprint density at radius 3 is 2.81 bits per heavy atom. The SMILES string of the molecule is COCc1cccc(C(=O)OCC(=O)c2ccc3c(c2)NC(=O)CO3)c1. The van der Waals surface area contributed by atoms with Gasteiger partial charge in [0, 0.05) is 12.7 Å². The van der Waals surface area contributed by atoms with E-state index in [1.54, 1.807) is 37.4 Å². The molecule has 0 fully saturated rings. The van der Waals surface area contributed by atoms with Gasteiger partial charge in [0.05, 0.1) is 17.9 Å². The van der Waals surface area contributed by atoms with Crippen molar-refractivity contribution in [2.45, 2.75) is 6.61 Å². The molecule has 134 valence electrons. The molecule has 2 aromatic rings. The second-order valence-corrected chi connectivity index (χ2v) is 5.68. The van der Waals surface area contributed by atoms with E-state index in [4.69, 9.17) is 14.2 Å². The summed E-state index contributed by atoms with van der Waals surface area (Å²) >= 11 is 0. The van der Waals surface area contributed by atoms with E-state index in [-0.39, 0.29) is 18.3 Å². The molecule has 0 radical (unpaired) electrons.